The van der Waals surface area contributed by atoms with Gasteiger partial charge in [0.15, 0.2) is 6.29 Å². The van der Waals surface area contributed by atoms with E-state index in [0.29, 0.717) is 6.61 Å². The predicted octanol–water partition coefficient (Wildman–Crippen LogP) is 2.87. The Labute approximate surface area is 124 Å². The zero-order valence-electron chi connectivity index (χ0n) is 12.4. The van der Waals surface area contributed by atoms with Gasteiger partial charge in [-0.05, 0) is 43.4 Å². The van der Waals surface area contributed by atoms with Gasteiger partial charge in [-0.3, -0.25) is 0 Å². The van der Waals surface area contributed by atoms with Crippen LogP contribution in [-0.4, -0.2) is 27.9 Å². The van der Waals surface area contributed by atoms with Crippen molar-refractivity contribution in [2.24, 2.45) is 0 Å². The maximum Gasteiger partial charge on any atom is 0.158 e. The second kappa shape index (κ2) is 6.83. The average Bonchev–Trinajstić information content (AvgIpc) is 3.03. The van der Waals surface area contributed by atoms with E-state index in [1.165, 1.54) is 12.0 Å². The minimum Gasteiger partial charge on any atom is -0.353 e. The summed E-state index contributed by atoms with van der Waals surface area (Å²) in [6.45, 7) is 3.38. The van der Waals surface area contributed by atoms with E-state index in [2.05, 4.69) is 41.5 Å². The third-order valence-corrected chi connectivity index (χ3v) is 3.70. The summed E-state index contributed by atoms with van der Waals surface area (Å²) in [6.07, 6.45) is 6.12. The van der Waals surface area contributed by atoms with Gasteiger partial charge in [-0.15, -0.1) is 5.10 Å². The largest absolute Gasteiger partial charge is 0.353 e. The number of rotatable bonds is 5. The molecule has 112 valence electrons. The predicted molar refractivity (Wildman–Crippen MR) is 79.1 cm³/mol. The summed E-state index contributed by atoms with van der Waals surface area (Å²) in [5.41, 5.74) is 3.15. The first kappa shape index (κ1) is 14.2. The van der Waals surface area contributed by atoms with Gasteiger partial charge in [-0.2, -0.15) is 0 Å². The molecular weight excluding hydrogens is 266 g/mol. The maximum atomic E-state index is 5.72. The van der Waals surface area contributed by atoms with Gasteiger partial charge in [0.2, 0.25) is 0 Å². The molecule has 0 N–H and O–H groups in total. The van der Waals surface area contributed by atoms with Crippen LogP contribution in [-0.2, 0) is 22.5 Å². The van der Waals surface area contributed by atoms with Crippen LogP contribution >= 0.6 is 0 Å². The molecule has 1 fully saturated rings. The van der Waals surface area contributed by atoms with Crippen LogP contribution in [0.5, 0.6) is 0 Å². The quantitative estimate of drug-likeness (QED) is 0.848. The number of hydrogen-bond acceptors (Lipinski definition) is 4. The molecule has 0 amide bonds. The first-order valence-electron chi connectivity index (χ1n) is 7.59. The van der Waals surface area contributed by atoms with Crippen molar-refractivity contribution in [3.8, 4) is 5.69 Å². The zero-order chi connectivity index (χ0) is 14.5. The number of benzene rings is 1. The van der Waals surface area contributed by atoms with Crippen molar-refractivity contribution in [1.82, 2.24) is 15.0 Å². The van der Waals surface area contributed by atoms with E-state index < -0.39 is 0 Å². The minimum atomic E-state index is -0.0901. The number of hydrogen-bond donors (Lipinski definition) is 0. The Bertz CT molecular complexity index is 559. The second-order valence-corrected chi connectivity index (χ2v) is 5.28. The van der Waals surface area contributed by atoms with Crippen LogP contribution in [0, 0.1) is 0 Å². The Hall–Kier alpha value is -1.72. The Balaban J connectivity index is 1.59. The first-order valence-corrected chi connectivity index (χ1v) is 7.59. The van der Waals surface area contributed by atoms with E-state index in [0.717, 1.165) is 37.3 Å². The van der Waals surface area contributed by atoms with Crippen molar-refractivity contribution in [2.45, 2.75) is 45.5 Å². The molecule has 1 unspecified atom stereocenters. The molecule has 5 nitrogen and oxygen atoms in total. The molecule has 5 heteroatoms. The fraction of sp³-hybridized carbons (Fsp3) is 0.500. The molecule has 1 aromatic carbocycles. The van der Waals surface area contributed by atoms with Crippen molar-refractivity contribution in [2.75, 3.05) is 6.61 Å². The molecule has 21 heavy (non-hydrogen) atoms. The van der Waals surface area contributed by atoms with E-state index in [1.807, 2.05) is 6.20 Å². The van der Waals surface area contributed by atoms with Crippen LogP contribution in [0.15, 0.2) is 30.5 Å². The summed E-state index contributed by atoms with van der Waals surface area (Å²) < 4.78 is 13.0. The number of aromatic nitrogens is 3. The van der Waals surface area contributed by atoms with E-state index in [-0.39, 0.29) is 6.29 Å². The highest BCUT2D eigenvalue weighted by atomic mass is 16.7. The zero-order valence-corrected chi connectivity index (χ0v) is 12.4. The lowest BCUT2D eigenvalue weighted by atomic mass is 10.1. The van der Waals surface area contributed by atoms with E-state index in [1.54, 1.807) is 4.68 Å². The molecule has 1 atom stereocenters. The molecule has 2 heterocycles. The van der Waals surface area contributed by atoms with Gasteiger partial charge >= 0.3 is 0 Å². The molecule has 0 bridgehead atoms. The van der Waals surface area contributed by atoms with Gasteiger partial charge in [-0.1, -0.05) is 24.3 Å². The molecule has 1 aliphatic heterocycles. The smallest absolute Gasteiger partial charge is 0.158 e. The highest BCUT2D eigenvalue weighted by Gasteiger charge is 2.14. The van der Waals surface area contributed by atoms with Gasteiger partial charge < -0.3 is 9.47 Å². The van der Waals surface area contributed by atoms with E-state index in [9.17, 15) is 0 Å². The SMILES string of the molecule is CCc1ccc(-n2cc(COC3CCCCO3)nn2)cc1. The van der Waals surface area contributed by atoms with Crippen molar-refractivity contribution < 1.29 is 9.47 Å². The average molecular weight is 287 g/mol. The maximum absolute atomic E-state index is 5.72. The molecule has 0 radical (unpaired) electrons. The Morgan fingerprint density at radius 1 is 1.29 bits per heavy atom. The topological polar surface area (TPSA) is 49.2 Å². The summed E-state index contributed by atoms with van der Waals surface area (Å²) in [7, 11) is 0. The first-order chi connectivity index (χ1) is 10.3. The van der Waals surface area contributed by atoms with Crippen LogP contribution in [0.1, 0.15) is 37.4 Å². The number of aryl methyl sites for hydroxylation is 1. The van der Waals surface area contributed by atoms with Crippen LogP contribution in [0.4, 0.5) is 0 Å². The standard InChI is InChI=1S/C16H21N3O2/c1-2-13-6-8-15(9-7-13)19-11-14(17-18-19)12-21-16-5-3-4-10-20-16/h6-9,11,16H,2-5,10,12H2,1H3. The molecule has 1 aliphatic rings. The number of ether oxygens (including phenoxy) is 2. The molecule has 2 aromatic rings. The summed E-state index contributed by atoms with van der Waals surface area (Å²) in [5.74, 6) is 0. The number of nitrogens with zero attached hydrogens (tertiary/aromatic N) is 3. The van der Waals surface area contributed by atoms with Gasteiger partial charge in [0.05, 0.1) is 18.5 Å². The van der Waals surface area contributed by atoms with Crippen molar-refractivity contribution in [1.29, 1.82) is 0 Å². The molecule has 0 aliphatic carbocycles. The monoisotopic (exact) mass is 287 g/mol. The second-order valence-electron chi connectivity index (χ2n) is 5.28. The van der Waals surface area contributed by atoms with Crippen LogP contribution in [0.2, 0.25) is 0 Å². The third kappa shape index (κ3) is 3.68. The molecule has 1 saturated heterocycles. The fourth-order valence-electron chi connectivity index (χ4n) is 2.40. The summed E-state index contributed by atoms with van der Waals surface area (Å²) in [4.78, 5) is 0. The molecular formula is C16H21N3O2. The van der Waals surface area contributed by atoms with E-state index >= 15 is 0 Å². The summed E-state index contributed by atoms with van der Waals surface area (Å²) >= 11 is 0. The summed E-state index contributed by atoms with van der Waals surface area (Å²) in [5, 5.41) is 8.30. The van der Waals surface area contributed by atoms with Gasteiger partial charge in [-0.25, -0.2) is 4.68 Å². The Kier molecular flexibility index (Phi) is 4.62. The van der Waals surface area contributed by atoms with Crippen LogP contribution in [0.3, 0.4) is 0 Å². The third-order valence-electron chi connectivity index (χ3n) is 3.70. The fourth-order valence-corrected chi connectivity index (χ4v) is 2.40. The molecule has 3 rings (SSSR count). The summed E-state index contributed by atoms with van der Waals surface area (Å²) in [6, 6.07) is 8.34. The van der Waals surface area contributed by atoms with Crippen molar-refractivity contribution in [3.05, 3.63) is 41.7 Å². The van der Waals surface area contributed by atoms with E-state index in [4.69, 9.17) is 9.47 Å². The van der Waals surface area contributed by atoms with Gasteiger partial charge in [0.25, 0.3) is 0 Å². The lowest BCUT2D eigenvalue weighted by molar-refractivity contribution is -0.169. The lowest BCUT2D eigenvalue weighted by Gasteiger charge is -2.22. The normalized spacial score (nSPS) is 18.8. The lowest BCUT2D eigenvalue weighted by Crippen LogP contribution is -2.22. The minimum absolute atomic E-state index is 0.0901. The van der Waals surface area contributed by atoms with Crippen molar-refractivity contribution in [3.63, 3.8) is 0 Å². The van der Waals surface area contributed by atoms with Gasteiger partial charge in [0.1, 0.15) is 5.69 Å². The van der Waals surface area contributed by atoms with Gasteiger partial charge in [0, 0.05) is 6.61 Å². The Morgan fingerprint density at radius 3 is 2.86 bits per heavy atom. The molecule has 0 saturated carbocycles. The highest BCUT2D eigenvalue weighted by Crippen LogP contribution is 2.15. The van der Waals surface area contributed by atoms with Crippen LogP contribution in [0.25, 0.3) is 5.69 Å². The highest BCUT2D eigenvalue weighted by molar-refractivity contribution is 5.33. The van der Waals surface area contributed by atoms with Crippen molar-refractivity contribution >= 4 is 0 Å². The van der Waals surface area contributed by atoms with Crippen LogP contribution < -0.4 is 0 Å². The Morgan fingerprint density at radius 2 is 2.14 bits per heavy atom. The molecule has 0 spiro atoms. The molecule has 1 aromatic heterocycles.